The zero-order valence-electron chi connectivity index (χ0n) is 17.7. The van der Waals surface area contributed by atoms with Gasteiger partial charge in [-0.25, -0.2) is 0 Å². The van der Waals surface area contributed by atoms with Gasteiger partial charge in [-0.1, -0.05) is 54.6 Å². The molecule has 2 aliphatic rings. The molecule has 0 radical (unpaired) electrons. The lowest BCUT2D eigenvalue weighted by Crippen LogP contribution is -2.48. The summed E-state index contributed by atoms with van der Waals surface area (Å²) in [4.78, 5) is 14.9. The van der Waals surface area contributed by atoms with E-state index < -0.39 is 0 Å². The maximum Gasteiger partial charge on any atom is 0.250 e. The molecule has 2 aliphatic heterocycles. The molecule has 0 N–H and O–H groups in total. The van der Waals surface area contributed by atoms with E-state index in [9.17, 15) is 4.79 Å². The molecule has 1 fully saturated rings. The number of para-hydroxylation sites is 1. The molecule has 1 saturated heterocycles. The minimum atomic E-state index is -0.0707. The lowest BCUT2D eigenvalue weighted by Gasteiger charge is -2.45. The van der Waals surface area contributed by atoms with Gasteiger partial charge in [-0.2, -0.15) is 4.68 Å². The number of aromatic nitrogens is 5. The third-order valence-corrected chi connectivity index (χ3v) is 6.73. The van der Waals surface area contributed by atoms with Crippen LogP contribution in [0.25, 0.3) is 5.69 Å². The smallest absolute Gasteiger partial charge is 0.250 e. The molecule has 4 heterocycles. The Morgan fingerprint density at radius 2 is 1.62 bits per heavy atom. The maximum absolute atomic E-state index is 12.4. The van der Waals surface area contributed by atoms with Crippen molar-refractivity contribution in [1.82, 2.24) is 29.7 Å². The topological polar surface area (TPSA) is 68.8 Å². The first-order valence-electron chi connectivity index (χ1n) is 11.1. The Balaban J connectivity index is 1.43. The van der Waals surface area contributed by atoms with E-state index >= 15 is 0 Å². The highest BCUT2D eigenvalue weighted by Crippen LogP contribution is 2.40. The Morgan fingerprint density at radius 1 is 0.844 bits per heavy atom. The van der Waals surface area contributed by atoms with Crippen LogP contribution in [-0.2, 0) is 6.54 Å². The molecule has 3 atom stereocenters. The summed E-state index contributed by atoms with van der Waals surface area (Å²) in [5.41, 5.74) is 3.37. The van der Waals surface area contributed by atoms with Crippen molar-refractivity contribution in [2.24, 2.45) is 5.92 Å². The molecule has 7 heteroatoms. The zero-order chi connectivity index (χ0) is 21.5. The normalized spacial score (nSPS) is 21.1. The summed E-state index contributed by atoms with van der Waals surface area (Å²) in [6, 6.07) is 26.1. The standard InChI is InChI=1S/C25H24N6O/c32-23-13-7-12-22-20-14-18(16-30(22)23)15-29(17-20)24(19-8-3-1-4-9-19)25-26-27-28-31(25)21-10-5-2-6-11-21/h1-13,18,20,24H,14-17H2. The van der Waals surface area contributed by atoms with Crippen molar-refractivity contribution in [3.63, 3.8) is 0 Å². The predicted molar refractivity (Wildman–Crippen MR) is 121 cm³/mol. The van der Waals surface area contributed by atoms with E-state index in [0.29, 0.717) is 11.8 Å². The van der Waals surface area contributed by atoms with E-state index in [1.165, 1.54) is 5.56 Å². The first-order valence-corrected chi connectivity index (χ1v) is 11.1. The van der Waals surface area contributed by atoms with E-state index in [1.807, 2.05) is 51.7 Å². The highest BCUT2D eigenvalue weighted by molar-refractivity contribution is 5.34. The van der Waals surface area contributed by atoms with Crippen molar-refractivity contribution in [1.29, 1.82) is 0 Å². The van der Waals surface area contributed by atoms with E-state index in [0.717, 1.165) is 43.3 Å². The Bertz CT molecular complexity index is 1280. The van der Waals surface area contributed by atoms with Gasteiger partial charge in [-0.15, -0.1) is 5.10 Å². The molecule has 0 spiro atoms. The summed E-state index contributed by atoms with van der Waals surface area (Å²) in [6.45, 7) is 2.53. The van der Waals surface area contributed by atoms with Gasteiger partial charge in [0.1, 0.15) is 0 Å². The molecule has 4 aromatic rings. The van der Waals surface area contributed by atoms with Gasteiger partial charge in [0.15, 0.2) is 5.82 Å². The molecule has 7 nitrogen and oxygen atoms in total. The van der Waals surface area contributed by atoms with Crippen molar-refractivity contribution >= 4 is 0 Å². The number of piperidine rings is 1. The van der Waals surface area contributed by atoms with E-state index in [-0.39, 0.29) is 11.6 Å². The van der Waals surface area contributed by atoms with Gasteiger partial charge in [0.2, 0.25) is 0 Å². The average Bonchev–Trinajstić information content (AvgIpc) is 3.31. The molecule has 2 aromatic carbocycles. The molecule has 2 aromatic heterocycles. The number of fused-ring (bicyclic) bond motifs is 4. The number of pyridine rings is 1. The number of rotatable bonds is 4. The summed E-state index contributed by atoms with van der Waals surface area (Å²) in [5.74, 6) is 1.56. The molecule has 3 unspecified atom stereocenters. The minimum absolute atomic E-state index is 0.0707. The first kappa shape index (κ1) is 19.1. The van der Waals surface area contributed by atoms with Gasteiger partial charge in [0.05, 0.1) is 11.7 Å². The summed E-state index contributed by atoms with van der Waals surface area (Å²) in [7, 11) is 0. The second-order valence-electron chi connectivity index (χ2n) is 8.75. The molecule has 0 saturated carbocycles. The number of hydrogen-bond donors (Lipinski definition) is 0. The van der Waals surface area contributed by atoms with Crippen molar-refractivity contribution in [2.45, 2.75) is 24.9 Å². The third kappa shape index (κ3) is 3.26. The fourth-order valence-electron chi connectivity index (χ4n) is 5.42. The van der Waals surface area contributed by atoms with Crippen LogP contribution in [0.5, 0.6) is 0 Å². The van der Waals surface area contributed by atoms with Crippen molar-refractivity contribution in [3.8, 4) is 5.69 Å². The quantitative estimate of drug-likeness (QED) is 0.504. The van der Waals surface area contributed by atoms with Gasteiger partial charge >= 0.3 is 0 Å². The molecule has 32 heavy (non-hydrogen) atoms. The number of benzene rings is 2. The Labute approximate surface area is 185 Å². The number of nitrogens with zero attached hydrogens (tertiary/aromatic N) is 6. The average molecular weight is 425 g/mol. The third-order valence-electron chi connectivity index (χ3n) is 6.73. The second kappa shape index (κ2) is 7.84. The molecular weight excluding hydrogens is 400 g/mol. The van der Waals surface area contributed by atoms with Gasteiger partial charge in [0, 0.05) is 37.3 Å². The molecule has 0 amide bonds. The fraction of sp³-hybridized carbons (Fsp3) is 0.280. The Kier molecular flexibility index (Phi) is 4.69. The van der Waals surface area contributed by atoms with Crippen LogP contribution in [-0.4, -0.2) is 42.8 Å². The van der Waals surface area contributed by atoms with E-state index in [4.69, 9.17) is 0 Å². The molecule has 160 valence electrons. The largest absolute Gasteiger partial charge is 0.312 e. The SMILES string of the molecule is O=c1cccc2n1CC1CC2CN(C(c2ccccc2)c2nnnn2-c2ccccc2)C1. The van der Waals surface area contributed by atoms with Crippen LogP contribution >= 0.6 is 0 Å². The van der Waals surface area contributed by atoms with Crippen LogP contribution in [0.2, 0.25) is 0 Å². The lowest BCUT2D eigenvalue weighted by atomic mass is 9.82. The van der Waals surface area contributed by atoms with Crippen molar-refractivity contribution in [2.75, 3.05) is 13.1 Å². The minimum Gasteiger partial charge on any atom is -0.312 e. The second-order valence-corrected chi connectivity index (χ2v) is 8.75. The summed E-state index contributed by atoms with van der Waals surface area (Å²) in [6.07, 6.45) is 1.12. The highest BCUT2D eigenvalue weighted by atomic mass is 16.1. The highest BCUT2D eigenvalue weighted by Gasteiger charge is 2.39. The van der Waals surface area contributed by atoms with Gasteiger partial charge in [-0.3, -0.25) is 9.69 Å². The van der Waals surface area contributed by atoms with Crippen LogP contribution in [0.15, 0.2) is 83.7 Å². The zero-order valence-corrected chi connectivity index (χ0v) is 17.7. The van der Waals surface area contributed by atoms with Crippen LogP contribution < -0.4 is 5.56 Å². The van der Waals surface area contributed by atoms with Crippen LogP contribution in [0, 0.1) is 5.92 Å². The molecule has 6 rings (SSSR count). The summed E-state index contributed by atoms with van der Waals surface area (Å²) < 4.78 is 3.82. The van der Waals surface area contributed by atoms with Gasteiger partial charge in [-0.05, 0) is 46.5 Å². The van der Waals surface area contributed by atoms with Crippen LogP contribution in [0.3, 0.4) is 0 Å². The number of likely N-dealkylation sites (tertiary alicyclic amines) is 1. The van der Waals surface area contributed by atoms with Crippen molar-refractivity contribution < 1.29 is 0 Å². The van der Waals surface area contributed by atoms with Gasteiger partial charge in [0.25, 0.3) is 5.56 Å². The van der Waals surface area contributed by atoms with Crippen LogP contribution in [0.1, 0.15) is 35.5 Å². The number of tetrazole rings is 1. The Morgan fingerprint density at radius 3 is 2.44 bits per heavy atom. The Hall–Kier alpha value is -3.58. The van der Waals surface area contributed by atoms with E-state index in [1.54, 1.807) is 6.07 Å². The molecule has 0 aliphatic carbocycles. The van der Waals surface area contributed by atoms with Gasteiger partial charge < -0.3 is 4.57 Å². The van der Waals surface area contributed by atoms with Crippen molar-refractivity contribution in [3.05, 3.63) is 106 Å². The lowest BCUT2D eigenvalue weighted by molar-refractivity contribution is 0.0913. The molecule has 2 bridgehead atoms. The monoisotopic (exact) mass is 424 g/mol. The summed E-state index contributed by atoms with van der Waals surface area (Å²) in [5, 5.41) is 12.9. The predicted octanol–water partition coefficient (Wildman–Crippen LogP) is 3.03. The molecular formula is C25H24N6O. The fourth-order valence-corrected chi connectivity index (χ4v) is 5.42. The first-order chi connectivity index (χ1) is 15.8. The van der Waals surface area contributed by atoms with Crippen LogP contribution in [0.4, 0.5) is 0 Å². The maximum atomic E-state index is 12.4. The summed E-state index contributed by atoms with van der Waals surface area (Å²) >= 11 is 0. The van der Waals surface area contributed by atoms with E-state index in [2.05, 4.69) is 50.8 Å². The number of hydrogen-bond acceptors (Lipinski definition) is 5.